The fourth-order valence-corrected chi connectivity index (χ4v) is 8.35. The predicted octanol–water partition coefficient (Wildman–Crippen LogP) is 4.49. The number of hydrogen-bond acceptors (Lipinski definition) is 1. The summed E-state index contributed by atoms with van der Waals surface area (Å²) in [5, 5.41) is 0.202. The van der Waals surface area contributed by atoms with E-state index in [4.69, 9.17) is 0 Å². The Kier molecular flexibility index (Phi) is 3.55. The molecule has 17 heavy (non-hydrogen) atoms. The number of allylic oxidation sites excluding steroid dienone is 4. The van der Waals surface area contributed by atoms with Crippen molar-refractivity contribution in [3.8, 4) is 0 Å². The highest BCUT2D eigenvalue weighted by Crippen LogP contribution is 2.56. The Morgan fingerprint density at radius 3 is 1.59 bits per heavy atom. The molecule has 0 heterocycles. The molecular weight excluding hydrogens is 222 g/mol. The van der Waals surface area contributed by atoms with Gasteiger partial charge >= 0.3 is 0 Å². The normalized spacial score (nSPS) is 20.0. The van der Waals surface area contributed by atoms with Crippen LogP contribution in [0.5, 0.6) is 0 Å². The van der Waals surface area contributed by atoms with Gasteiger partial charge in [-0.05, 0) is 26.2 Å². The smallest absolute Gasteiger partial charge is 0.134 e. The van der Waals surface area contributed by atoms with E-state index in [9.17, 15) is 0 Å². The average molecular weight is 251 g/mol. The highest BCUT2D eigenvalue weighted by atomic mass is 28.3. The van der Waals surface area contributed by atoms with Crippen molar-refractivity contribution < 1.29 is 0 Å². The van der Waals surface area contributed by atoms with Gasteiger partial charge in [0.2, 0.25) is 0 Å². The van der Waals surface area contributed by atoms with Crippen LogP contribution < -0.4 is 4.98 Å². The Morgan fingerprint density at radius 2 is 1.29 bits per heavy atom. The molecule has 0 fully saturated rings. The van der Waals surface area contributed by atoms with Crippen molar-refractivity contribution in [2.75, 3.05) is 0 Å². The molecule has 0 unspecified atom stereocenters. The van der Waals surface area contributed by atoms with Crippen molar-refractivity contribution in [1.82, 2.24) is 4.98 Å². The van der Waals surface area contributed by atoms with Gasteiger partial charge in [-0.25, -0.2) is 0 Å². The zero-order valence-corrected chi connectivity index (χ0v) is 13.8. The van der Waals surface area contributed by atoms with Gasteiger partial charge in [-0.3, -0.25) is 0 Å². The summed E-state index contributed by atoms with van der Waals surface area (Å²) in [6.07, 6.45) is 9.25. The molecule has 0 saturated carbocycles. The van der Waals surface area contributed by atoms with Crippen molar-refractivity contribution in [2.24, 2.45) is 5.41 Å². The third-order valence-electron chi connectivity index (χ3n) is 3.79. The van der Waals surface area contributed by atoms with E-state index in [1.807, 2.05) is 0 Å². The Bertz CT molecular complexity index is 325. The monoisotopic (exact) mass is 251 g/mol. The predicted molar refractivity (Wildman–Crippen MR) is 80.8 cm³/mol. The summed E-state index contributed by atoms with van der Waals surface area (Å²) >= 11 is 0. The van der Waals surface area contributed by atoms with Crippen molar-refractivity contribution in [2.45, 2.75) is 65.2 Å². The molecule has 1 nitrogen and oxygen atoms in total. The Hall–Kier alpha value is -0.343. The van der Waals surface area contributed by atoms with E-state index in [-0.39, 0.29) is 16.0 Å². The van der Waals surface area contributed by atoms with Crippen LogP contribution in [-0.4, -0.2) is 13.8 Å². The maximum Gasteiger partial charge on any atom is 0.134 e. The SMILES string of the molecule is CC(C)(C)N[Si](C)(C)C1(C(C)(C)C)C=CC=C1. The summed E-state index contributed by atoms with van der Waals surface area (Å²) in [7, 11) is -1.61. The molecule has 0 spiro atoms. The van der Waals surface area contributed by atoms with E-state index in [1.165, 1.54) is 0 Å². The van der Waals surface area contributed by atoms with Crippen LogP contribution in [0.2, 0.25) is 18.1 Å². The second kappa shape index (κ2) is 4.10. The van der Waals surface area contributed by atoms with Crippen LogP contribution in [0, 0.1) is 5.41 Å². The van der Waals surface area contributed by atoms with Crippen molar-refractivity contribution in [3.63, 3.8) is 0 Å². The number of hydrogen-bond donors (Lipinski definition) is 1. The summed E-state index contributed by atoms with van der Waals surface area (Å²) in [5.74, 6) is 0. The number of rotatable bonds is 2. The lowest BCUT2D eigenvalue weighted by Gasteiger charge is -2.52. The first-order chi connectivity index (χ1) is 7.41. The molecule has 0 bridgehead atoms. The van der Waals surface area contributed by atoms with Gasteiger partial charge in [0.25, 0.3) is 0 Å². The van der Waals surface area contributed by atoms with Crippen molar-refractivity contribution in [1.29, 1.82) is 0 Å². The van der Waals surface area contributed by atoms with E-state index in [1.54, 1.807) is 0 Å². The van der Waals surface area contributed by atoms with Crippen LogP contribution >= 0.6 is 0 Å². The molecule has 0 aromatic carbocycles. The van der Waals surface area contributed by atoms with Crippen LogP contribution in [0.3, 0.4) is 0 Å². The highest BCUT2D eigenvalue weighted by molar-refractivity contribution is 6.79. The van der Waals surface area contributed by atoms with E-state index in [0.717, 1.165) is 0 Å². The lowest BCUT2D eigenvalue weighted by Crippen LogP contribution is -2.63. The topological polar surface area (TPSA) is 12.0 Å². The molecule has 0 aromatic rings. The molecule has 1 rings (SSSR count). The summed E-state index contributed by atoms with van der Waals surface area (Å²) in [6, 6.07) is 0. The third-order valence-corrected chi connectivity index (χ3v) is 8.32. The van der Waals surface area contributed by atoms with Gasteiger partial charge < -0.3 is 4.98 Å². The minimum Gasteiger partial charge on any atom is -0.332 e. The van der Waals surface area contributed by atoms with Crippen LogP contribution in [0.15, 0.2) is 24.3 Å². The van der Waals surface area contributed by atoms with Crippen molar-refractivity contribution >= 4 is 8.24 Å². The fourth-order valence-electron chi connectivity index (χ4n) is 3.37. The zero-order valence-electron chi connectivity index (χ0n) is 12.8. The molecule has 0 radical (unpaired) electrons. The molecule has 0 amide bonds. The van der Waals surface area contributed by atoms with Crippen LogP contribution in [0.25, 0.3) is 0 Å². The maximum atomic E-state index is 3.92. The summed E-state index contributed by atoms with van der Waals surface area (Å²) < 4.78 is 0. The quantitative estimate of drug-likeness (QED) is 0.713. The largest absolute Gasteiger partial charge is 0.332 e. The van der Waals surface area contributed by atoms with Crippen molar-refractivity contribution in [3.05, 3.63) is 24.3 Å². The Balaban J connectivity index is 3.17. The van der Waals surface area contributed by atoms with E-state index in [2.05, 4.69) is 83.9 Å². The molecule has 0 saturated heterocycles. The lowest BCUT2D eigenvalue weighted by atomic mass is 9.80. The second-order valence-electron chi connectivity index (χ2n) is 7.84. The minimum absolute atomic E-state index is 0.179. The van der Waals surface area contributed by atoms with Crippen LogP contribution in [0.4, 0.5) is 0 Å². The van der Waals surface area contributed by atoms with E-state index >= 15 is 0 Å². The molecule has 0 atom stereocenters. The first kappa shape index (κ1) is 14.7. The van der Waals surface area contributed by atoms with Gasteiger partial charge in [-0.1, -0.05) is 58.2 Å². The summed E-state index contributed by atoms with van der Waals surface area (Å²) in [6.45, 7) is 18.7. The van der Waals surface area contributed by atoms with Gasteiger partial charge in [0.05, 0.1) is 0 Å². The number of nitrogens with one attached hydrogen (secondary N) is 1. The Morgan fingerprint density at radius 1 is 0.882 bits per heavy atom. The molecule has 0 aliphatic heterocycles. The first-order valence-corrected chi connectivity index (χ1v) is 9.58. The standard InChI is InChI=1S/C15H29NSi/c1-13(2,3)15(11-9-10-12-15)17(7,8)16-14(4,5)6/h9-12,16H,1-8H3. The Labute approximate surface area is 108 Å². The minimum atomic E-state index is -1.61. The fraction of sp³-hybridized carbons (Fsp3) is 0.733. The zero-order chi connectivity index (χ0) is 13.5. The lowest BCUT2D eigenvalue weighted by molar-refractivity contribution is 0.339. The third kappa shape index (κ3) is 2.74. The highest BCUT2D eigenvalue weighted by Gasteiger charge is 2.52. The molecule has 0 aromatic heterocycles. The molecule has 98 valence electrons. The van der Waals surface area contributed by atoms with Gasteiger partial charge in [0.1, 0.15) is 8.24 Å². The van der Waals surface area contributed by atoms with Crippen LogP contribution in [0.1, 0.15) is 41.5 Å². The first-order valence-electron chi connectivity index (χ1n) is 6.58. The van der Waals surface area contributed by atoms with E-state index < -0.39 is 8.24 Å². The molecule has 2 heteroatoms. The molecular formula is C15H29NSi. The van der Waals surface area contributed by atoms with Gasteiger partial charge in [0.15, 0.2) is 0 Å². The maximum absolute atomic E-state index is 3.92. The molecule has 1 aliphatic carbocycles. The molecule has 1 aliphatic rings. The van der Waals surface area contributed by atoms with Gasteiger partial charge in [-0.15, -0.1) is 0 Å². The average Bonchev–Trinajstić information content (AvgIpc) is 2.44. The van der Waals surface area contributed by atoms with E-state index in [0.29, 0.717) is 0 Å². The summed E-state index contributed by atoms with van der Waals surface area (Å²) in [4.78, 5) is 3.92. The molecule has 1 N–H and O–H groups in total. The van der Waals surface area contributed by atoms with Gasteiger partial charge in [-0.2, -0.15) is 0 Å². The summed E-state index contributed by atoms with van der Waals surface area (Å²) in [5.41, 5.74) is 0.433. The second-order valence-corrected chi connectivity index (χ2v) is 12.2. The van der Waals surface area contributed by atoms with Gasteiger partial charge in [0, 0.05) is 10.6 Å². The van der Waals surface area contributed by atoms with Crippen LogP contribution in [-0.2, 0) is 0 Å².